The number of rotatable bonds is 4. The second-order valence-electron chi connectivity index (χ2n) is 6.16. The second kappa shape index (κ2) is 5.88. The third-order valence-electron chi connectivity index (χ3n) is 3.39. The van der Waals surface area contributed by atoms with Gasteiger partial charge in [0, 0.05) is 19.0 Å². The van der Waals surface area contributed by atoms with Gasteiger partial charge in [-0.1, -0.05) is 18.2 Å². The number of amides is 1. The number of hydrogen-bond donors (Lipinski definition) is 1. The zero-order valence-electron chi connectivity index (χ0n) is 13.3. The number of carbonyl (C=O) groups is 1. The van der Waals surface area contributed by atoms with Gasteiger partial charge in [-0.25, -0.2) is 4.68 Å². The van der Waals surface area contributed by atoms with Gasteiger partial charge in [-0.2, -0.15) is 5.10 Å². The van der Waals surface area contributed by atoms with Crippen molar-refractivity contribution in [2.24, 2.45) is 0 Å². The normalized spacial score (nSPS) is 11.7. The molecule has 0 saturated carbocycles. The summed E-state index contributed by atoms with van der Waals surface area (Å²) in [6, 6.07) is 7.21. The summed E-state index contributed by atoms with van der Waals surface area (Å²) in [5, 5.41) is 15.3. The molecule has 0 atom stereocenters. The van der Waals surface area contributed by atoms with Crippen LogP contribution >= 0.6 is 0 Å². The Morgan fingerprint density at radius 1 is 1.32 bits per heavy atom. The minimum absolute atomic E-state index is 0.142. The first-order valence-corrected chi connectivity index (χ1v) is 7.12. The van der Waals surface area contributed by atoms with Gasteiger partial charge in [0.15, 0.2) is 0 Å². The van der Waals surface area contributed by atoms with E-state index >= 15 is 0 Å². The fourth-order valence-electron chi connectivity index (χ4n) is 2.43. The minimum Gasteiger partial charge on any atom is -0.389 e. The standard InChI is InChI=1S/C16H21N3O3/c1-11-12-7-5-6-8-13(12)15(21)19(17-11)9-14(20)18(4)10-16(2,3)22/h5-8,22H,9-10H2,1-4H3. The number of hydrogen-bond acceptors (Lipinski definition) is 4. The van der Waals surface area contributed by atoms with E-state index in [1.165, 1.54) is 9.58 Å². The molecule has 118 valence electrons. The largest absolute Gasteiger partial charge is 0.389 e. The van der Waals surface area contributed by atoms with Gasteiger partial charge >= 0.3 is 0 Å². The Balaban J connectivity index is 2.31. The van der Waals surface area contributed by atoms with Crippen molar-refractivity contribution in [1.29, 1.82) is 0 Å². The lowest BCUT2D eigenvalue weighted by molar-refractivity contribution is -0.133. The summed E-state index contributed by atoms with van der Waals surface area (Å²) in [6.07, 6.45) is 0. The van der Waals surface area contributed by atoms with Crippen LogP contribution in [0.5, 0.6) is 0 Å². The summed E-state index contributed by atoms with van der Waals surface area (Å²) in [7, 11) is 1.60. The first-order valence-electron chi connectivity index (χ1n) is 7.12. The smallest absolute Gasteiger partial charge is 0.275 e. The molecular formula is C16H21N3O3. The van der Waals surface area contributed by atoms with Gasteiger partial charge in [-0.05, 0) is 26.8 Å². The Morgan fingerprint density at radius 3 is 2.50 bits per heavy atom. The van der Waals surface area contributed by atoms with Crippen LogP contribution in [0.2, 0.25) is 0 Å². The fraction of sp³-hybridized carbons (Fsp3) is 0.438. The van der Waals surface area contributed by atoms with E-state index in [4.69, 9.17) is 0 Å². The summed E-state index contributed by atoms with van der Waals surface area (Å²) >= 11 is 0. The average Bonchev–Trinajstić information content (AvgIpc) is 2.42. The van der Waals surface area contributed by atoms with Crippen molar-refractivity contribution in [1.82, 2.24) is 14.7 Å². The van der Waals surface area contributed by atoms with Crippen LogP contribution in [0.15, 0.2) is 29.1 Å². The number of likely N-dealkylation sites (N-methyl/N-ethyl adjacent to an activating group) is 1. The second-order valence-corrected chi connectivity index (χ2v) is 6.16. The maximum atomic E-state index is 12.4. The minimum atomic E-state index is -0.984. The number of carbonyl (C=O) groups excluding carboxylic acids is 1. The molecule has 1 amide bonds. The van der Waals surface area contributed by atoms with Crippen molar-refractivity contribution in [2.45, 2.75) is 32.9 Å². The number of aromatic nitrogens is 2. The molecular weight excluding hydrogens is 282 g/mol. The summed E-state index contributed by atoms with van der Waals surface area (Å²) < 4.78 is 1.18. The van der Waals surface area contributed by atoms with E-state index in [0.717, 1.165) is 5.39 Å². The summed E-state index contributed by atoms with van der Waals surface area (Å²) in [4.78, 5) is 26.0. The molecule has 2 aromatic rings. The molecule has 1 N–H and O–H groups in total. The molecule has 1 heterocycles. The van der Waals surface area contributed by atoms with E-state index in [1.807, 2.05) is 19.1 Å². The van der Waals surface area contributed by atoms with E-state index in [0.29, 0.717) is 11.1 Å². The Bertz CT molecular complexity index is 759. The molecule has 0 radical (unpaired) electrons. The Labute approximate surface area is 129 Å². The highest BCUT2D eigenvalue weighted by atomic mass is 16.3. The third-order valence-corrected chi connectivity index (χ3v) is 3.39. The van der Waals surface area contributed by atoms with Gasteiger partial charge in [-0.15, -0.1) is 0 Å². The highest BCUT2D eigenvalue weighted by Crippen LogP contribution is 2.12. The van der Waals surface area contributed by atoms with Crippen molar-refractivity contribution in [3.05, 3.63) is 40.3 Å². The Morgan fingerprint density at radius 2 is 1.91 bits per heavy atom. The predicted molar refractivity (Wildman–Crippen MR) is 84.7 cm³/mol. The maximum Gasteiger partial charge on any atom is 0.275 e. The first-order chi connectivity index (χ1) is 10.2. The van der Waals surface area contributed by atoms with E-state index < -0.39 is 5.60 Å². The molecule has 6 nitrogen and oxygen atoms in total. The van der Waals surface area contributed by atoms with E-state index in [-0.39, 0.29) is 24.6 Å². The van der Waals surface area contributed by atoms with Crippen molar-refractivity contribution >= 4 is 16.7 Å². The lowest BCUT2D eigenvalue weighted by Crippen LogP contribution is -2.42. The van der Waals surface area contributed by atoms with Gasteiger partial charge < -0.3 is 10.0 Å². The lowest BCUT2D eigenvalue weighted by atomic mass is 10.1. The van der Waals surface area contributed by atoms with Gasteiger partial charge in [-0.3, -0.25) is 9.59 Å². The molecule has 6 heteroatoms. The highest BCUT2D eigenvalue weighted by Gasteiger charge is 2.20. The van der Waals surface area contributed by atoms with Gasteiger partial charge in [0.25, 0.3) is 5.56 Å². The fourth-order valence-corrected chi connectivity index (χ4v) is 2.43. The molecule has 0 aliphatic carbocycles. The number of nitrogens with zero attached hydrogens (tertiary/aromatic N) is 3. The SMILES string of the molecule is Cc1nn(CC(=O)N(C)CC(C)(C)O)c(=O)c2ccccc12. The van der Waals surface area contributed by atoms with Gasteiger partial charge in [0.1, 0.15) is 6.54 Å². The predicted octanol–water partition coefficient (Wildman–Crippen LogP) is 0.934. The zero-order chi connectivity index (χ0) is 16.5. The van der Waals surface area contributed by atoms with Crippen LogP contribution < -0.4 is 5.56 Å². The first kappa shape index (κ1) is 16.2. The van der Waals surface area contributed by atoms with Gasteiger partial charge in [0.2, 0.25) is 5.91 Å². The summed E-state index contributed by atoms with van der Waals surface area (Å²) in [5.74, 6) is -0.272. The van der Waals surface area contributed by atoms with Crippen LogP contribution in [-0.4, -0.2) is 44.9 Å². The van der Waals surface area contributed by atoms with Crippen molar-refractivity contribution in [3.8, 4) is 0 Å². The third kappa shape index (κ3) is 3.51. The van der Waals surface area contributed by atoms with E-state index in [2.05, 4.69) is 5.10 Å². The molecule has 0 bridgehead atoms. The maximum absolute atomic E-state index is 12.4. The molecule has 0 aliphatic heterocycles. The molecule has 0 saturated heterocycles. The van der Waals surface area contributed by atoms with Crippen LogP contribution in [0.1, 0.15) is 19.5 Å². The molecule has 0 unspecified atom stereocenters. The van der Waals surface area contributed by atoms with Crippen LogP contribution in [-0.2, 0) is 11.3 Å². The Hall–Kier alpha value is -2.21. The molecule has 0 spiro atoms. The number of aryl methyl sites for hydroxylation is 1. The van der Waals surface area contributed by atoms with Gasteiger partial charge in [0.05, 0.1) is 16.7 Å². The van der Waals surface area contributed by atoms with Crippen LogP contribution in [0.4, 0.5) is 0 Å². The molecule has 0 fully saturated rings. The average molecular weight is 303 g/mol. The quantitative estimate of drug-likeness (QED) is 0.912. The van der Waals surface area contributed by atoms with Crippen molar-refractivity contribution in [2.75, 3.05) is 13.6 Å². The van der Waals surface area contributed by atoms with Crippen LogP contribution in [0.25, 0.3) is 10.8 Å². The van der Waals surface area contributed by atoms with E-state index in [9.17, 15) is 14.7 Å². The zero-order valence-corrected chi connectivity index (χ0v) is 13.3. The van der Waals surface area contributed by atoms with E-state index in [1.54, 1.807) is 33.0 Å². The van der Waals surface area contributed by atoms with Crippen molar-refractivity contribution in [3.63, 3.8) is 0 Å². The molecule has 0 aliphatic rings. The Kier molecular flexibility index (Phi) is 4.32. The highest BCUT2D eigenvalue weighted by molar-refractivity contribution is 5.83. The lowest BCUT2D eigenvalue weighted by Gasteiger charge is -2.25. The van der Waals surface area contributed by atoms with Crippen molar-refractivity contribution < 1.29 is 9.90 Å². The summed E-state index contributed by atoms with van der Waals surface area (Å²) in [5.41, 5.74) is -0.568. The number of aliphatic hydroxyl groups is 1. The number of benzene rings is 1. The molecule has 1 aromatic heterocycles. The molecule has 2 rings (SSSR count). The summed E-state index contributed by atoms with van der Waals surface area (Å²) in [6.45, 7) is 5.11. The number of fused-ring (bicyclic) bond motifs is 1. The van der Waals surface area contributed by atoms with Crippen LogP contribution in [0.3, 0.4) is 0 Å². The molecule has 22 heavy (non-hydrogen) atoms. The molecule has 1 aromatic carbocycles. The topological polar surface area (TPSA) is 75.4 Å². The van der Waals surface area contributed by atoms with Crippen LogP contribution in [0, 0.1) is 6.92 Å². The monoisotopic (exact) mass is 303 g/mol.